The summed E-state index contributed by atoms with van der Waals surface area (Å²) in [7, 11) is 0. The molecule has 0 aromatic carbocycles. The Labute approximate surface area is 101 Å². The minimum atomic E-state index is 0.356. The fourth-order valence-electron chi connectivity index (χ4n) is 1.03. The van der Waals surface area contributed by atoms with E-state index in [9.17, 15) is 0 Å². The summed E-state index contributed by atoms with van der Waals surface area (Å²) in [6.07, 6.45) is 0. The molecule has 1 heterocycles. The van der Waals surface area contributed by atoms with Crippen LogP contribution in [0.4, 0.5) is 0 Å². The number of ether oxygens (including phenoxy) is 2. The second-order valence-electron chi connectivity index (χ2n) is 3.79. The topological polar surface area (TPSA) is 44.2 Å². The van der Waals surface area contributed by atoms with Crippen molar-refractivity contribution >= 4 is 11.6 Å². The van der Waals surface area contributed by atoms with Crippen molar-refractivity contribution in [1.82, 2.24) is 9.97 Å². The van der Waals surface area contributed by atoms with E-state index in [2.05, 4.69) is 23.8 Å². The minimum Gasteiger partial charge on any atom is -0.477 e. The number of hydrogen-bond donors (Lipinski definition) is 0. The van der Waals surface area contributed by atoms with Crippen molar-refractivity contribution in [2.24, 2.45) is 5.92 Å². The summed E-state index contributed by atoms with van der Waals surface area (Å²) in [4.78, 5) is 8.25. The first-order chi connectivity index (χ1) is 7.61. The predicted molar refractivity (Wildman–Crippen MR) is 62.7 cm³/mol. The van der Waals surface area contributed by atoms with Crippen LogP contribution in [0.5, 0.6) is 5.88 Å². The van der Waals surface area contributed by atoms with Gasteiger partial charge < -0.3 is 9.47 Å². The van der Waals surface area contributed by atoms with E-state index in [0.29, 0.717) is 42.6 Å². The van der Waals surface area contributed by atoms with Crippen molar-refractivity contribution in [2.75, 3.05) is 13.2 Å². The molecule has 16 heavy (non-hydrogen) atoms. The maximum Gasteiger partial charge on any atom is 0.218 e. The third-order valence-electron chi connectivity index (χ3n) is 1.72. The maximum absolute atomic E-state index is 5.86. The second-order valence-corrected chi connectivity index (χ2v) is 4.17. The monoisotopic (exact) mass is 244 g/mol. The highest BCUT2D eigenvalue weighted by Crippen LogP contribution is 2.14. The van der Waals surface area contributed by atoms with Crippen LogP contribution in [0.15, 0.2) is 6.07 Å². The number of nitrogens with zero attached hydrogens (tertiary/aromatic N) is 2. The van der Waals surface area contributed by atoms with Crippen LogP contribution >= 0.6 is 11.6 Å². The van der Waals surface area contributed by atoms with Gasteiger partial charge in [0.25, 0.3) is 0 Å². The highest BCUT2D eigenvalue weighted by Gasteiger charge is 2.05. The largest absolute Gasteiger partial charge is 0.477 e. The van der Waals surface area contributed by atoms with Gasteiger partial charge in [-0.3, -0.25) is 0 Å². The molecule has 0 saturated carbocycles. The average Bonchev–Trinajstić information content (AvgIpc) is 2.23. The molecular formula is C11H17ClN2O2. The van der Waals surface area contributed by atoms with Crippen LogP contribution in [0.25, 0.3) is 0 Å². The molecule has 0 spiro atoms. The Morgan fingerprint density at radius 1 is 1.38 bits per heavy atom. The lowest BCUT2D eigenvalue weighted by Gasteiger charge is -2.09. The SMILES string of the molecule is CCOCc1nc(Cl)cc(OCC(C)C)n1. The Balaban J connectivity index is 2.65. The zero-order chi connectivity index (χ0) is 12.0. The third kappa shape index (κ3) is 4.77. The van der Waals surface area contributed by atoms with Gasteiger partial charge in [-0.15, -0.1) is 0 Å². The standard InChI is InChI=1S/C11H17ClN2O2/c1-4-15-7-10-13-9(12)5-11(14-10)16-6-8(2)3/h5,8H,4,6-7H2,1-3H3. The van der Waals surface area contributed by atoms with Gasteiger partial charge in [-0.25, -0.2) is 4.98 Å². The fourth-order valence-corrected chi connectivity index (χ4v) is 1.22. The van der Waals surface area contributed by atoms with Gasteiger partial charge in [0.1, 0.15) is 11.8 Å². The summed E-state index contributed by atoms with van der Waals surface area (Å²) in [6.45, 7) is 7.66. The average molecular weight is 245 g/mol. The molecule has 1 rings (SSSR count). The van der Waals surface area contributed by atoms with Gasteiger partial charge in [-0.1, -0.05) is 25.4 Å². The molecule has 0 bridgehead atoms. The van der Waals surface area contributed by atoms with Gasteiger partial charge in [0.15, 0.2) is 5.82 Å². The first kappa shape index (κ1) is 13.2. The molecule has 4 nitrogen and oxygen atoms in total. The summed E-state index contributed by atoms with van der Waals surface area (Å²) in [5.41, 5.74) is 0. The molecule has 0 radical (unpaired) electrons. The summed E-state index contributed by atoms with van der Waals surface area (Å²) in [6, 6.07) is 1.61. The Hall–Kier alpha value is -0.870. The molecule has 1 aromatic heterocycles. The summed E-state index contributed by atoms with van der Waals surface area (Å²) < 4.78 is 10.7. The van der Waals surface area contributed by atoms with Crippen molar-refractivity contribution in [3.8, 4) is 5.88 Å². The summed E-state index contributed by atoms with van der Waals surface area (Å²) in [5, 5.41) is 0.378. The van der Waals surface area contributed by atoms with Gasteiger partial charge in [-0.05, 0) is 12.8 Å². The van der Waals surface area contributed by atoms with E-state index in [0.717, 1.165) is 0 Å². The van der Waals surface area contributed by atoms with Crippen molar-refractivity contribution in [3.05, 3.63) is 17.0 Å². The zero-order valence-corrected chi connectivity index (χ0v) is 10.6. The maximum atomic E-state index is 5.86. The lowest BCUT2D eigenvalue weighted by Crippen LogP contribution is -2.08. The van der Waals surface area contributed by atoms with Crippen LogP contribution in [0, 0.1) is 5.92 Å². The molecule has 0 atom stereocenters. The number of rotatable bonds is 6. The molecule has 0 N–H and O–H groups in total. The molecule has 1 aromatic rings. The number of aromatic nitrogens is 2. The Morgan fingerprint density at radius 3 is 2.75 bits per heavy atom. The van der Waals surface area contributed by atoms with E-state index < -0.39 is 0 Å². The lowest BCUT2D eigenvalue weighted by molar-refractivity contribution is 0.127. The van der Waals surface area contributed by atoms with E-state index >= 15 is 0 Å². The fraction of sp³-hybridized carbons (Fsp3) is 0.636. The Kier molecular flexibility index (Phi) is 5.49. The summed E-state index contributed by atoms with van der Waals surface area (Å²) >= 11 is 5.86. The van der Waals surface area contributed by atoms with Gasteiger partial charge in [-0.2, -0.15) is 4.98 Å². The molecular weight excluding hydrogens is 228 g/mol. The van der Waals surface area contributed by atoms with Crippen molar-refractivity contribution in [1.29, 1.82) is 0 Å². The molecule has 0 fully saturated rings. The molecule has 0 aliphatic rings. The molecule has 5 heteroatoms. The van der Waals surface area contributed by atoms with Crippen molar-refractivity contribution < 1.29 is 9.47 Å². The zero-order valence-electron chi connectivity index (χ0n) is 9.86. The first-order valence-corrected chi connectivity index (χ1v) is 5.73. The molecule has 0 amide bonds. The Bertz CT molecular complexity index is 332. The predicted octanol–water partition coefficient (Wildman–Crippen LogP) is 2.70. The highest BCUT2D eigenvalue weighted by molar-refractivity contribution is 6.29. The van der Waals surface area contributed by atoms with Gasteiger partial charge in [0, 0.05) is 12.7 Å². The van der Waals surface area contributed by atoms with E-state index in [1.807, 2.05) is 6.92 Å². The van der Waals surface area contributed by atoms with Gasteiger partial charge >= 0.3 is 0 Å². The molecule has 90 valence electrons. The molecule has 0 aliphatic carbocycles. The van der Waals surface area contributed by atoms with E-state index in [4.69, 9.17) is 21.1 Å². The van der Waals surface area contributed by atoms with E-state index in [-0.39, 0.29) is 0 Å². The van der Waals surface area contributed by atoms with Crippen LogP contribution in [0.2, 0.25) is 5.15 Å². The van der Waals surface area contributed by atoms with Crippen LogP contribution in [-0.4, -0.2) is 23.2 Å². The first-order valence-electron chi connectivity index (χ1n) is 5.35. The van der Waals surface area contributed by atoms with Crippen molar-refractivity contribution in [2.45, 2.75) is 27.4 Å². The lowest BCUT2D eigenvalue weighted by atomic mass is 10.2. The minimum absolute atomic E-state index is 0.356. The summed E-state index contributed by atoms with van der Waals surface area (Å²) in [5.74, 6) is 1.50. The van der Waals surface area contributed by atoms with E-state index in [1.165, 1.54) is 0 Å². The highest BCUT2D eigenvalue weighted by atomic mass is 35.5. The van der Waals surface area contributed by atoms with Gasteiger partial charge in [0.05, 0.1) is 6.61 Å². The Morgan fingerprint density at radius 2 is 2.12 bits per heavy atom. The van der Waals surface area contributed by atoms with Crippen molar-refractivity contribution in [3.63, 3.8) is 0 Å². The molecule has 0 unspecified atom stereocenters. The van der Waals surface area contributed by atoms with Crippen LogP contribution in [-0.2, 0) is 11.3 Å². The smallest absolute Gasteiger partial charge is 0.218 e. The molecule has 0 saturated heterocycles. The van der Waals surface area contributed by atoms with E-state index in [1.54, 1.807) is 6.07 Å². The van der Waals surface area contributed by atoms with Crippen LogP contribution in [0.3, 0.4) is 0 Å². The van der Waals surface area contributed by atoms with Crippen LogP contribution in [0.1, 0.15) is 26.6 Å². The van der Waals surface area contributed by atoms with Gasteiger partial charge in [0.2, 0.25) is 5.88 Å². The molecule has 0 aliphatic heterocycles. The number of halogens is 1. The second kappa shape index (κ2) is 6.66. The normalized spacial score (nSPS) is 10.8. The van der Waals surface area contributed by atoms with Crippen LogP contribution < -0.4 is 4.74 Å². The number of hydrogen-bond acceptors (Lipinski definition) is 4. The quantitative estimate of drug-likeness (QED) is 0.722. The third-order valence-corrected chi connectivity index (χ3v) is 1.91.